The fourth-order valence-corrected chi connectivity index (χ4v) is 3.31. The van der Waals surface area contributed by atoms with E-state index in [0.717, 1.165) is 39.1 Å². The second-order valence-corrected chi connectivity index (χ2v) is 7.63. The molecule has 1 aromatic heterocycles. The maximum atomic E-state index is 10.8. The number of halogens is 1. The quantitative estimate of drug-likeness (QED) is 0.267. The average Bonchev–Trinajstić information content (AvgIpc) is 2.87. The number of nitrogens with zero attached hydrogens (tertiary/aromatic N) is 3. The Hall–Kier alpha value is -3.42. The second-order valence-electron chi connectivity index (χ2n) is 7.63. The molecule has 0 N–H and O–H groups in total. The van der Waals surface area contributed by atoms with Gasteiger partial charge in [-0.15, -0.1) is 26.0 Å². The van der Waals surface area contributed by atoms with Crippen molar-refractivity contribution in [2.24, 2.45) is 0 Å². The molecule has 3 rings (SSSR count). The van der Waals surface area contributed by atoms with Gasteiger partial charge >= 0.3 is 0 Å². The van der Waals surface area contributed by atoms with Gasteiger partial charge in [0.15, 0.2) is 0 Å². The van der Waals surface area contributed by atoms with Crippen LogP contribution in [0.5, 0.6) is 0 Å². The molecule has 1 saturated heterocycles. The van der Waals surface area contributed by atoms with Crippen LogP contribution in [0.15, 0.2) is 104 Å². The van der Waals surface area contributed by atoms with Crippen LogP contribution in [-0.4, -0.2) is 41.0 Å². The average molecular weight is 462 g/mol. The van der Waals surface area contributed by atoms with E-state index < -0.39 is 0 Å². The fraction of sp³-hybridized carbons (Fsp3) is 0.300. The molecule has 0 radical (unpaired) electrons. The summed E-state index contributed by atoms with van der Waals surface area (Å²) in [6.45, 7) is 20.0. The molecular formula is C30H40FN3. The first-order valence-corrected chi connectivity index (χ1v) is 11.4. The van der Waals surface area contributed by atoms with Crippen LogP contribution < -0.4 is 0 Å². The summed E-state index contributed by atoms with van der Waals surface area (Å²) in [6, 6.07) is 15.0. The third-order valence-corrected chi connectivity index (χ3v) is 5.08. The molecule has 0 spiro atoms. The molecule has 0 amide bonds. The maximum Gasteiger partial charge on any atom is 0.0897 e. The van der Waals surface area contributed by atoms with Crippen molar-refractivity contribution in [2.75, 3.05) is 26.2 Å². The molecule has 2 heterocycles. The molecule has 0 atom stereocenters. The van der Waals surface area contributed by atoms with Crippen LogP contribution in [0.25, 0.3) is 0 Å². The van der Waals surface area contributed by atoms with Crippen molar-refractivity contribution in [3.63, 3.8) is 0 Å². The fourth-order valence-electron chi connectivity index (χ4n) is 3.31. The number of pyridine rings is 1. The van der Waals surface area contributed by atoms with Gasteiger partial charge in [0, 0.05) is 51.3 Å². The first kappa shape index (κ1) is 30.6. The van der Waals surface area contributed by atoms with Gasteiger partial charge in [0.1, 0.15) is 0 Å². The van der Waals surface area contributed by atoms with Crippen LogP contribution >= 0.6 is 0 Å². The van der Waals surface area contributed by atoms with Gasteiger partial charge in [0.25, 0.3) is 0 Å². The number of piperazine rings is 1. The van der Waals surface area contributed by atoms with E-state index in [1.54, 1.807) is 0 Å². The van der Waals surface area contributed by atoms with Crippen molar-refractivity contribution in [1.29, 1.82) is 0 Å². The van der Waals surface area contributed by atoms with Gasteiger partial charge in [-0.05, 0) is 56.0 Å². The van der Waals surface area contributed by atoms with E-state index in [1.165, 1.54) is 29.2 Å². The highest BCUT2D eigenvalue weighted by atomic mass is 19.1. The minimum absolute atomic E-state index is 0.333. The van der Waals surface area contributed by atoms with Crippen LogP contribution in [0.2, 0.25) is 0 Å². The maximum absolute atomic E-state index is 10.8. The summed E-state index contributed by atoms with van der Waals surface area (Å²) in [4.78, 5) is 9.15. The molecule has 0 bridgehead atoms. The van der Waals surface area contributed by atoms with Gasteiger partial charge in [-0.3, -0.25) is 9.88 Å². The number of rotatable bonds is 6. The number of allylic oxidation sites excluding steroid dienone is 4. The highest BCUT2D eigenvalue weighted by Gasteiger charge is 2.15. The zero-order valence-corrected chi connectivity index (χ0v) is 21.1. The Morgan fingerprint density at radius 2 is 1.50 bits per heavy atom. The molecule has 1 fully saturated rings. The lowest BCUT2D eigenvalue weighted by molar-refractivity contribution is 0.161. The summed E-state index contributed by atoms with van der Waals surface area (Å²) >= 11 is 0. The zero-order chi connectivity index (χ0) is 25.8. The van der Waals surface area contributed by atoms with Gasteiger partial charge in [-0.25, -0.2) is 4.39 Å². The van der Waals surface area contributed by atoms with E-state index in [0.29, 0.717) is 0 Å². The predicted octanol–water partition coefficient (Wildman–Crippen LogP) is 6.83. The zero-order valence-electron chi connectivity index (χ0n) is 21.1. The number of hydrogen-bond acceptors (Lipinski definition) is 3. The van der Waals surface area contributed by atoms with Crippen molar-refractivity contribution in [3.05, 3.63) is 115 Å². The highest BCUT2D eigenvalue weighted by Crippen LogP contribution is 2.18. The van der Waals surface area contributed by atoms with Crippen LogP contribution in [0.4, 0.5) is 4.39 Å². The van der Waals surface area contributed by atoms with Gasteiger partial charge in [-0.1, -0.05) is 48.6 Å². The van der Waals surface area contributed by atoms with Crippen molar-refractivity contribution >= 4 is 0 Å². The first-order chi connectivity index (χ1) is 16.5. The SMILES string of the molecule is C#C.C/C=C(C)/C(=C/N1CCN(Cc2ccccc2)CC1)Cc1ccncc1.C=C.C=C(C)F. The second kappa shape index (κ2) is 19.1. The van der Waals surface area contributed by atoms with Crippen LogP contribution in [0, 0.1) is 12.8 Å². The largest absolute Gasteiger partial charge is 0.375 e. The smallest absolute Gasteiger partial charge is 0.0897 e. The van der Waals surface area contributed by atoms with Gasteiger partial charge in [-0.2, -0.15) is 0 Å². The Kier molecular flexibility index (Phi) is 17.2. The van der Waals surface area contributed by atoms with E-state index in [4.69, 9.17) is 0 Å². The number of terminal acetylenes is 1. The molecule has 1 aromatic carbocycles. The Morgan fingerprint density at radius 1 is 0.971 bits per heavy atom. The molecular weight excluding hydrogens is 421 g/mol. The topological polar surface area (TPSA) is 19.4 Å². The van der Waals surface area contributed by atoms with Crippen molar-refractivity contribution < 1.29 is 4.39 Å². The van der Waals surface area contributed by atoms with Gasteiger partial charge < -0.3 is 4.90 Å². The van der Waals surface area contributed by atoms with Gasteiger partial charge in [0.05, 0.1) is 5.83 Å². The van der Waals surface area contributed by atoms with Crippen molar-refractivity contribution in [1.82, 2.24) is 14.8 Å². The summed E-state index contributed by atoms with van der Waals surface area (Å²) in [5.74, 6) is -0.333. The third kappa shape index (κ3) is 13.2. The Bertz CT molecular complexity index is 873. The molecule has 0 saturated carbocycles. The molecule has 182 valence electrons. The van der Waals surface area contributed by atoms with E-state index in [2.05, 4.69) is 116 Å². The lowest BCUT2D eigenvalue weighted by Crippen LogP contribution is -2.43. The molecule has 34 heavy (non-hydrogen) atoms. The van der Waals surface area contributed by atoms with Crippen molar-refractivity contribution in [3.8, 4) is 12.8 Å². The third-order valence-electron chi connectivity index (χ3n) is 5.08. The van der Waals surface area contributed by atoms with Crippen molar-refractivity contribution in [2.45, 2.75) is 33.7 Å². The number of benzene rings is 1. The monoisotopic (exact) mass is 461 g/mol. The molecule has 2 aromatic rings. The molecule has 0 aliphatic carbocycles. The summed E-state index contributed by atoms with van der Waals surface area (Å²) < 4.78 is 10.8. The molecule has 3 nitrogen and oxygen atoms in total. The van der Waals surface area contributed by atoms with Gasteiger partial charge in [0.2, 0.25) is 0 Å². The molecule has 0 unspecified atom stereocenters. The van der Waals surface area contributed by atoms with E-state index in [-0.39, 0.29) is 5.83 Å². The van der Waals surface area contributed by atoms with Crippen LogP contribution in [0.3, 0.4) is 0 Å². The standard InChI is InChI=1S/C23H29N3.C3H5F.C2H4.C2H2/c1-3-20(2)23(17-21-9-11-24-12-10-21)19-26-15-13-25(14-16-26)18-22-7-5-4-6-8-22;1-3(2)4;2*1-2/h3-12,19H,13-18H2,1-2H3;1H2,2H3;1-2H2;1-2H/b20-3+,23-19+;;;. The lowest BCUT2D eigenvalue weighted by atomic mass is 10.0. The highest BCUT2D eigenvalue weighted by molar-refractivity contribution is 5.33. The summed E-state index contributed by atoms with van der Waals surface area (Å²) in [6.07, 6.45) is 17.3. The lowest BCUT2D eigenvalue weighted by Gasteiger charge is -2.34. The normalized spacial score (nSPS) is 13.8. The predicted molar refractivity (Wildman–Crippen MR) is 146 cm³/mol. The Balaban J connectivity index is 0.00000121. The summed E-state index contributed by atoms with van der Waals surface area (Å²) in [7, 11) is 0. The number of aromatic nitrogens is 1. The summed E-state index contributed by atoms with van der Waals surface area (Å²) in [5.41, 5.74) is 5.47. The van der Waals surface area contributed by atoms with E-state index in [9.17, 15) is 4.39 Å². The molecule has 1 aliphatic rings. The van der Waals surface area contributed by atoms with Crippen LogP contribution in [0.1, 0.15) is 31.9 Å². The Morgan fingerprint density at radius 3 is 2.00 bits per heavy atom. The van der Waals surface area contributed by atoms with Crippen LogP contribution in [-0.2, 0) is 13.0 Å². The minimum atomic E-state index is -0.333. The minimum Gasteiger partial charge on any atom is -0.375 e. The Labute approximate surface area is 207 Å². The molecule has 4 heteroatoms. The number of hydrogen-bond donors (Lipinski definition) is 0. The first-order valence-electron chi connectivity index (χ1n) is 11.4. The van der Waals surface area contributed by atoms with E-state index >= 15 is 0 Å². The molecule has 1 aliphatic heterocycles. The van der Waals surface area contributed by atoms with E-state index in [1.807, 2.05) is 12.4 Å². The summed E-state index contributed by atoms with van der Waals surface area (Å²) in [5, 5.41) is 0.